The quantitative estimate of drug-likeness (QED) is 0.497. The van der Waals surface area contributed by atoms with Crippen LogP contribution < -0.4 is 5.32 Å². The molecule has 120 valence electrons. The summed E-state index contributed by atoms with van der Waals surface area (Å²) in [6.45, 7) is 3.22. The Morgan fingerprint density at radius 3 is 2.76 bits per heavy atom. The molecule has 0 aromatic carbocycles. The lowest BCUT2D eigenvalue weighted by molar-refractivity contribution is -0.146. The molecule has 1 saturated heterocycles. The molecule has 0 radical (unpaired) electrons. The standard InChI is InChI=1S/C14H24N2O5/c1-2-21-13(18)7-5-8-15-12(17)10-16-9-4-3-6-11(16)14(19)20/h11H,2-10H2,1H3,(H,15,17)(H,19,20). The summed E-state index contributed by atoms with van der Waals surface area (Å²) in [6.07, 6.45) is 3.18. The number of aliphatic carboxylic acids is 1. The van der Waals surface area contributed by atoms with Crippen LogP contribution in [0.1, 0.15) is 39.0 Å². The summed E-state index contributed by atoms with van der Waals surface area (Å²) in [6, 6.07) is -0.566. The van der Waals surface area contributed by atoms with Gasteiger partial charge < -0.3 is 15.2 Å². The smallest absolute Gasteiger partial charge is 0.320 e. The lowest BCUT2D eigenvalue weighted by atomic mass is 10.0. The highest BCUT2D eigenvalue weighted by atomic mass is 16.5. The Morgan fingerprint density at radius 1 is 1.33 bits per heavy atom. The van der Waals surface area contributed by atoms with Gasteiger partial charge in [-0.25, -0.2) is 0 Å². The summed E-state index contributed by atoms with van der Waals surface area (Å²) in [5, 5.41) is 11.8. The molecule has 1 heterocycles. The van der Waals surface area contributed by atoms with Gasteiger partial charge in [0.15, 0.2) is 0 Å². The van der Waals surface area contributed by atoms with E-state index in [1.54, 1.807) is 11.8 Å². The van der Waals surface area contributed by atoms with Crippen molar-refractivity contribution in [1.82, 2.24) is 10.2 Å². The van der Waals surface area contributed by atoms with E-state index in [1.807, 2.05) is 0 Å². The maximum atomic E-state index is 11.8. The Hall–Kier alpha value is -1.63. The first-order chi connectivity index (χ1) is 10.0. The molecule has 7 nitrogen and oxygen atoms in total. The van der Waals surface area contributed by atoms with Crippen molar-refractivity contribution >= 4 is 17.8 Å². The maximum Gasteiger partial charge on any atom is 0.320 e. The molecule has 0 spiro atoms. The molecule has 0 aliphatic carbocycles. The number of nitrogens with zero attached hydrogens (tertiary/aromatic N) is 1. The van der Waals surface area contributed by atoms with Gasteiger partial charge >= 0.3 is 11.9 Å². The van der Waals surface area contributed by atoms with E-state index in [0.29, 0.717) is 32.5 Å². The minimum Gasteiger partial charge on any atom is -0.480 e. The topological polar surface area (TPSA) is 95.9 Å². The summed E-state index contributed by atoms with van der Waals surface area (Å²) >= 11 is 0. The second-order valence-electron chi connectivity index (χ2n) is 5.08. The molecule has 0 saturated carbocycles. The number of hydrogen-bond donors (Lipinski definition) is 2. The maximum absolute atomic E-state index is 11.8. The highest BCUT2D eigenvalue weighted by Crippen LogP contribution is 2.16. The molecule has 1 fully saturated rings. The first-order valence-electron chi connectivity index (χ1n) is 7.43. The van der Waals surface area contributed by atoms with Gasteiger partial charge in [-0.05, 0) is 32.7 Å². The molecule has 1 amide bonds. The van der Waals surface area contributed by atoms with E-state index >= 15 is 0 Å². The summed E-state index contributed by atoms with van der Waals surface area (Å²) in [7, 11) is 0. The molecular formula is C14H24N2O5. The van der Waals surface area contributed by atoms with Crippen molar-refractivity contribution in [3.63, 3.8) is 0 Å². The molecule has 7 heteroatoms. The monoisotopic (exact) mass is 300 g/mol. The summed E-state index contributed by atoms with van der Waals surface area (Å²) in [5.74, 6) is -1.34. The third-order valence-corrected chi connectivity index (χ3v) is 3.43. The Bertz CT molecular complexity index is 372. The fraction of sp³-hybridized carbons (Fsp3) is 0.786. The van der Waals surface area contributed by atoms with Gasteiger partial charge in [-0.3, -0.25) is 19.3 Å². The van der Waals surface area contributed by atoms with Gasteiger partial charge in [0.1, 0.15) is 6.04 Å². The van der Waals surface area contributed by atoms with E-state index in [-0.39, 0.29) is 24.8 Å². The number of esters is 1. The van der Waals surface area contributed by atoms with E-state index in [4.69, 9.17) is 9.84 Å². The zero-order valence-corrected chi connectivity index (χ0v) is 12.5. The summed E-state index contributed by atoms with van der Waals surface area (Å²) in [5.41, 5.74) is 0. The van der Waals surface area contributed by atoms with Gasteiger partial charge in [0, 0.05) is 13.0 Å². The molecule has 1 rings (SSSR count). The second kappa shape index (κ2) is 9.33. The number of carbonyl (C=O) groups excluding carboxylic acids is 2. The largest absolute Gasteiger partial charge is 0.480 e. The van der Waals surface area contributed by atoms with Gasteiger partial charge in [0.05, 0.1) is 13.2 Å². The molecule has 0 aromatic heterocycles. The highest BCUT2D eigenvalue weighted by Gasteiger charge is 2.29. The van der Waals surface area contributed by atoms with Crippen LogP contribution in [0, 0.1) is 0 Å². The number of carbonyl (C=O) groups is 3. The van der Waals surface area contributed by atoms with Crippen molar-refractivity contribution < 1.29 is 24.2 Å². The first-order valence-corrected chi connectivity index (χ1v) is 7.43. The lowest BCUT2D eigenvalue weighted by Gasteiger charge is -2.32. The number of likely N-dealkylation sites (tertiary alicyclic amines) is 1. The van der Waals surface area contributed by atoms with Gasteiger partial charge in [-0.15, -0.1) is 0 Å². The summed E-state index contributed by atoms with van der Waals surface area (Å²) in [4.78, 5) is 35.7. The van der Waals surface area contributed by atoms with Gasteiger partial charge in [-0.1, -0.05) is 6.42 Å². The number of amides is 1. The van der Waals surface area contributed by atoms with E-state index in [2.05, 4.69) is 5.32 Å². The fourth-order valence-corrected chi connectivity index (χ4v) is 2.39. The molecule has 0 bridgehead atoms. The zero-order valence-electron chi connectivity index (χ0n) is 12.5. The van der Waals surface area contributed by atoms with Crippen LogP contribution in [0.2, 0.25) is 0 Å². The molecule has 2 N–H and O–H groups in total. The average molecular weight is 300 g/mol. The van der Waals surface area contributed by atoms with Crippen molar-refractivity contribution in [2.45, 2.75) is 45.1 Å². The Balaban J connectivity index is 2.23. The third kappa shape index (κ3) is 6.57. The molecule has 1 unspecified atom stereocenters. The van der Waals surface area contributed by atoms with Crippen LogP contribution in [-0.4, -0.2) is 60.1 Å². The van der Waals surface area contributed by atoms with Crippen LogP contribution in [0.4, 0.5) is 0 Å². The Morgan fingerprint density at radius 2 is 2.10 bits per heavy atom. The van der Waals surface area contributed by atoms with Gasteiger partial charge in [0.2, 0.25) is 5.91 Å². The van der Waals surface area contributed by atoms with E-state index < -0.39 is 12.0 Å². The molecule has 1 aliphatic rings. The first kappa shape index (κ1) is 17.4. The summed E-state index contributed by atoms with van der Waals surface area (Å²) < 4.78 is 4.79. The van der Waals surface area contributed by atoms with Gasteiger partial charge in [0.25, 0.3) is 0 Å². The molecule has 21 heavy (non-hydrogen) atoms. The van der Waals surface area contributed by atoms with E-state index in [0.717, 1.165) is 12.8 Å². The van der Waals surface area contributed by atoms with Crippen molar-refractivity contribution in [3.8, 4) is 0 Å². The Labute approximate surface area is 124 Å². The van der Waals surface area contributed by atoms with Crippen LogP contribution in [-0.2, 0) is 19.1 Å². The number of nitrogens with one attached hydrogen (secondary N) is 1. The number of piperidine rings is 1. The molecule has 0 aromatic rings. The van der Waals surface area contributed by atoms with Crippen LogP contribution in [0.15, 0.2) is 0 Å². The van der Waals surface area contributed by atoms with Crippen LogP contribution >= 0.6 is 0 Å². The number of hydrogen-bond acceptors (Lipinski definition) is 5. The van der Waals surface area contributed by atoms with E-state index in [1.165, 1.54) is 0 Å². The van der Waals surface area contributed by atoms with Crippen molar-refractivity contribution in [1.29, 1.82) is 0 Å². The second-order valence-corrected chi connectivity index (χ2v) is 5.08. The average Bonchev–Trinajstić information content (AvgIpc) is 2.44. The van der Waals surface area contributed by atoms with Crippen molar-refractivity contribution in [3.05, 3.63) is 0 Å². The van der Waals surface area contributed by atoms with Crippen molar-refractivity contribution in [2.75, 3.05) is 26.2 Å². The number of rotatable bonds is 8. The fourth-order valence-electron chi connectivity index (χ4n) is 2.39. The molecule has 1 aliphatic heterocycles. The van der Waals surface area contributed by atoms with Gasteiger partial charge in [-0.2, -0.15) is 0 Å². The van der Waals surface area contributed by atoms with E-state index in [9.17, 15) is 14.4 Å². The predicted octanol–water partition coefficient (Wildman–Crippen LogP) is 0.385. The zero-order chi connectivity index (χ0) is 15.7. The highest BCUT2D eigenvalue weighted by molar-refractivity contribution is 5.80. The molecule has 1 atom stereocenters. The molecular weight excluding hydrogens is 276 g/mol. The third-order valence-electron chi connectivity index (χ3n) is 3.43. The number of carboxylic acid groups (broad SMARTS) is 1. The number of carboxylic acids is 1. The minimum atomic E-state index is -0.871. The normalized spacial score (nSPS) is 19.0. The lowest BCUT2D eigenvalue weighted by Crippen LogP contribution is -2.49. The minimum absolute atomic E-state index is 0.0936. The Kier molecular flexibility index (Phi) is 7.74. The van der Waals surface area contributed by atoms with Crippen LogP contribution in [0.3, 0.4) is 0 Å². The predicted molar refractivity (Wildman–Crippen MR) is 75.7 cm³/mol. The SMILES string of the molecule is CCOC(=O)CCCNC(=O)CN1CCCCC1C(=O)O. The van der Waals surface area contributed by atoms with Crippen LogP contribution in [0.5, 0.6) is 0 Å². The number of ether oxygens (including phenoxy) is 1. The van der Waals surface area contributed by atoms with Crippen molar-refractivity contribution in [2.24, 2.45) is 0 Å². The van der Waals surface area contributed by atoms with Crippen LogP contribution in [0.25, 0.3) is 0 Å².